The number of carbonyl (C=O) groups excluding carboxylic acids is 2. The third kappa shape index (κ3) is 4.47. The Labute approximate surface area is 160 Å². The second-order valence-electron chi connectivity index (χ2n) is 5.63. The fourth-order valence-electron chi connectivity index (χ4n) is 2.35. The molecule has 1 heterocycles. The first-order valence-electron chi connectivity index (χ1n) is 7.89. The predicted octanol–water partition coefficient (Wildman–Crippen LogP) is 4.54. The molecule has 2 amide bonds. The Bertz CT molecular complexity index is 921. The van der Waals surface area contributed by atoms with Crippen LogP contribution in [-0.4, -0.2) is 16.8 Å². The molecule has 7 heteroatoms. The molecule has 0 fully saturated rings. The van der Waals surface area contributed by atoms with Crippen LogP contribution in [0, 0.1) is 6.92 Å². The summed E-state index contributed by atoms with van der Waals surface area (Å²) in [5.74, 6) is -0.498. The van der Waals surface area contributed by atoms with Gasteiger partial charge < -0.3 is 10.6 Å². The van der Waals surface area contributed by atoms with Crippen LogP contribution in [0.25, 0.3) is 0 Å². The van der Waals surface area contributed by atoms with E-state index in [0.29, 0.717) is 20.7 Å². The van der Waals surface area contributed by atoms with Crippen LogP contribution < -0.4 is 10.6 Å². The third-order valence-electron chi connectivity index (χ3n) is 3.64. The highest BCUT2D eigenvalue weighted by atomic mass is 35.5. The minimum atomic E-state index is -0.317. The first-order valence-corrected chi connectivity index (χ1v) is 9.08. The normalized spacial score (nSPS) is 10.4. The number of hydrogen-bond acceptors (Lipinski definition) is 4. The van der Waals surface area contributed by atoms with E-state index in [-0.39, 0.29) is 18.2 Å². The fourth-order valence-corrected chi connectivity index (χ4v) is 3.34. The van der Waals surface area contributed by atoms with Gasteiger partial charge in [-0.05, 0) is 24.1 Å². The molecule has 2 N–H and O–H groups in total. The van der Waals surface area contributed by atoms with Crippen molar-refractivity contribution >= 4 is 45.6 Å². The molecule has 0 saturated heterocycles. The first kappa shape index (κ1) is 18.1. The maximum Gasteiger partial charge on any atom is 0.267 e. The minimum absolute atomic E-state index is 0.181. The number of aryl methyl sites for hydroxylation is 1. The van der Waals surface area contributed by atoms with E-state index in [0.717, 1.165) is 22.5 Å². The van der Waals surface area contributed by atoms with Gasteiger partial charge in [-0.1, -0.05) is 65.4 Å². The SMILES string of the molecule is Cc1cccc(Cl)c1NC(=O)c1cnc(NC(=O)Cc2ccccc2)s1. The first-order chi connectivity index (χ1) is 12.5. The van der Waals surface area contributed by atoms with Gasteiger partial charge in [-0.15, -0.1) is 0 Å². The molecule has 0 spiro atoms. The van der Waals surface area contributed by atoms with Gasteiger partial charge in [0, 0.05) is 0 Å². The molecular weight excluding hydrogens is 370 g/mol. The van der Waals surface area contributed by atoms with E-state index in [1.807, 2.05) is 49.4 Å². The van der Waals surface area contributed by atoms with Crippen LogP contribution in [0.2, 0.25) is 5.02 Å². The van der Waals surface area contributed by atoms with Crippen molar-refractivity contribution in [2.75, 3.05) is 10.6 Å². The van der Waals surface area contributed by atoms with Gasteiger partial charge in [0.25, 0.3) is 5.91 Å². The highest BCUT2D eigenvalue weighted by molar-refractivity contribution is 7.17. The lowest BCUT2D eigenvalue weighted by atomic mass is 10.1. The highest BCUT2D eigenvalue weighted by Gasteiger charge is 2.15. The van der Waals surface area contributed by atoms with Crippen LogP contribution >= 0.6 is 22.9 Å². The van der Waals surface area contributed by atoms with Crippen LogP contribution in [0.4, 0.5) is 10.8 Å². The Kier molecular flexibility index (Phi) is 5.65. The van der Waals surface area contributed by atoms with Crippen molar-refractivity contribution in [3.05, 3.63) is 75.8 Å². The maximum atomic E-state index is 12.4. The number of halogens is 1. The second-order valence-corrected chi connectivity index (χ2v) is 7.06. The van der Waals surface area contributed by atoms with Gasteiger partial charge >= 0.3 is 0 Å². The zero-order valence-electron chi connectivity index (χ0n) is 14.0. The summed E-state index contributed by atoms with van der Waals surface area (Å²) in [7, 11) is 0. The number of nitrogens with zero attached hydrogens (tertiary/aromatic N) is 1. The van der Waals surface area contributed by atoms with Crippen molar-refractivity contribution in [3.63, 3.8) is 0 Å². The van der Waals surface area contributed by atoms with Gasteiger partial charge in [0.1, 0.15) is 4.88 Å². The molecule has 0 aliphatic rings. The molecule has 3 rings (SSSR count). The molecule has 3 aromatic rings. The molecule has 26 heavy (non-hydrogen) atoms. The Morgan fingerprint density at radius 1 is 1.08 bits per heavy atom. The van der Waals surface area contributed by atoms with E-state index in [4.69, 9.17) is 11.6 Å². The number of hydrogen-bond donors (Lipinski definition) is 2. The smallest absolute Gasteiger partial charge is 0.267 e. The van der Waals surface area contributed by atoms with Crippen molar-refractivity contribution < 1.29 is 9.59 Å². The number of aromatic nitrogens is 1. The summed E-state index contributed by atoms with van der Waals surface area (Å²) in [6.07, 6.45) is 1.69. The van der Waals surface area contributed by atoms with Crippen molar-refractivity contribution in [1.29, 1.82) is 0 Å². The molecule has 0 radical (unpaired) electrons. The van der Waals surface area contributed by atoms with E-state index in [1.54, 1.807) is 6.07 Å². The summed E-state index contributed by atoms with van der Waals surface area (Å²) < 4.78 is 0. The number of thiazole rings is 1. The average molecular weight is 386 g/mol. The zero-order valence-corrected chi connectivity index (χ0v) is 15.5. The van der Waals surface area contributed by atoms with Gasteiger partial charge in [0.05, 0.1) is 23.3 Å². The van der Waals surface area contributed by atoms with Gasteiger partial charge in [-0.2, -0.15) is 0 Å². The summed E-state index contributed by atoms with van der Waals surface area (Å²) in [6, 6.07) is 14.8. The van der Waals surface area contributed by atoms with Crippen molar-refractivity contribution in [2.24, 2.45) is 0 Å². The Hall–Kier alpha value is -2.70. The van der Waals surface area contributed by atoms with Gasteiger partial charge in [-0.3, -0.25) is 9.59 Å². The molecule has 132 valence electrons. The van der Waals surface area contributed by atoms with Gasteiger partial charge in [-0.25, -0.2) is 4.98 Å². The number of rotatable bonds is 5. The van der Waals surface area contributed by atoms with Crippen molar-refractivity contribution in [1.82, 2.24) is 4.98 Å². The van der Waals surface area contributed by atoms with Gasteiger partial charge in [0.15, 0.2) is 5.13 Å². The van der Waals surface area contributed by atoms with Gasteiger partial charge in [0.2, 0.25) is 5.91 Å². The van der Waals surface area contributed by atoms with Crippen LogP contribution in [-0.2, 0) is 11.2 Å². The van der Waals surface area contributed by atoms with Crippen LogP contribution in [0.5, 0.6) is 0 Å². The Balaban J connectivity index is 1.64. The molecule has 2 aromatic carbocycles. The topological polar surface area (TPSA) is 71.1 Å². The maximum absolute atomic E-state index is 12.4. The standard InChI is InChI=1S/C19H16ClN3O2S/c1-12-6-5-9-14(20)17(12)23-18(25)15-11-21-19(26-15)22-16(24)10-13-7-3-2-4-8-13/h2-9,11H,10H2,1H3,(H,23,25)(H,21,22,24). The highest BCUT2D eigenvalue weighted by Crippen LogP contribution is 2.27. The summed E-state index contributed by atoms with van der Waals surface area (Å²) in [5, 5.41) is 6.36. The zero-order chi connectivity index (χ0) is 18.5. The molecule has 0 aliphatic carbocycles. The number of nitrogens with one attached hydrogen (secondary N) is 2. The predicted molar refractivity (Wildman–Crippen MR) is 105 cm³/mol. The lowest BCUT2D eigenvalue weighted by molar-refractivity contribution is -0.115. The molecule has 1 aromatic heterocycles. The number of amides is 2. The molecular formula is C19H16ClN3O2S. The van der Waals surface area contributed by atoms with E-state index in [2.05, 4.69) is 15.6 Å². The minimum Gasteiger partial charge on any atom is -0.320 e. The van der Waals surface area contributed by atoms with Crippen LogP contribution in [0.15, 0.2) is 54.7 Å². The van der Waals surface area contributed by atoms with E-state index in [1.165, 1.54) is 6.20 Å². The van der Waals surface area contributed by atoms with Crippen LogP contribution in [0.1, 0.15) is 20.8 Å². The summed E-state index contributed by atoms with van der Waals surface area (Å²) >= 11 is 7.24. The lowest BCUT2D eigenvalue weighted by Crippen LogP contribution is -2.14. The molecule has 5 nitrogen and oxygen atoms in total. The van der Waals surface area contributed by atoms with Crippen molar-refractivity contribution in [3.8, 4) is 0 Å². The molecule has 0 bridgehead atoms. The second kappa shape index (κ2) is 8.12. The van der Waals surface area contributed by atoms with Crippen LogP contribution in [0.3, 0.4) is 0 Å². The summed E-state index contributed by atoms with van der Waals surface area (Å²) in [6.45, 7) is 1.86. The number of carbonyl (C=O) groups is 2. The molecule has 0 atom stereocenters. The summed E-state index contributed by atoms with van der Waals surface area (Å²) in [4.78, 5) is 29.0. The third-order valence-corrected chi connectivity index (χ3v) is 4.87. The Morgan fingerprint density at radius 2 is 1.85 bits per heavy atom. The lowest BCUT2D eigenvalue weighted by Gasteiger charge is -2.08. The number of benzene rings is 2. The largest absolute Gasteiger partial charge is 0.320 e. The molecule has 0 aliphatic heterocycles. The number of para-hydroxylation sites is 1. The summed E-state index contributed by atoms with van der Waals surface area (Å²) in [5.41, 5.74) is 2.35. The van der Waals surface area contributed by atoms with Crippen molar-refractivity contribution in [2.45, 2.75) is 13.3 Å². The van der Waals surface area contributed by atoms with E-state index < -0.39 is 0 Å². The van der Waals surface area contributed by atoms with E-state index in [9.17, 15) is 9.59 Å². The monoisotopic (exact) mass is 385 g/mol. The average Bonchev–Trinajstić information content (AvgIpc) is 3.07. The fraction of sp³-hybridized carbons (Fsp3) is 0.105. The quantitative estimate of drug-likeness (QED) is 0.677. The Morgan fingerprint density at radius 3 is 2.58 bits per heavy atom. The molecule has 0 unspecified atom stereocenters. The number of anilines is 2. The molecule has 0 saturated carbocycles. The van der Waals surface area contributed by atoms with E-state index >= 15 is 0 Å².